The first-order chi connectivity index (χ1) is 11.0. The van der Waals surface area contributed by atoms with Crippen molar-refractivity contribution in [3.05, 3.63) is 40.8 Å². The number of carbonyl (C=O) groups is 2. The summed E-state index contributed by atoms with van der Waals surface area (Å²) in [5.41, 5.74) is 1.21. The number of aromatic hydroxyl groups is 1. The number of hydrogen-bond donors (Lipinski definition) is 1. The van der Waals surface area contributed by atoms with Crippen molar-refractivity contribution in [2.45, 2.75) is 19.8 Å². The van der Waals surface area contributed by atoms with Gasteiger partial charge < -0.3 is 9.84 Å². The van der Waals surface area contributed by atoms with Crippen molar-refractivity contribution in [3.63, 3.8) is 0 Å². The fourth-order valence-electron chi connectivity index (χ4n) is 1.94. The molecule has 23 heavy (non-hydrogen) atoms. The first-order valence-electron chi connectivity index (χ1n) is 7.01. The summed E-state index contributed by atoms with van der Waals surface area (Å²) in [4.78, 5) is 31.7. The van der Waals surface area contributed by atoms with Crippen molar-refractivity contribution in [3.8, 4) is 17.0 Å². The number of ketones is 1. The molecule has 0 aromatic carbocycles. The largest absolute Gasteiger partial charge is 0.504 e. The van der Waals surface area contributed by atoms with Gasteiger partial charge in [0.05, 0.1) is 23.2 Å². The van der Waals surface area contributed by atoms with Crippen LogP contribution in [0.4, 0.5) is 0 Å². The number of aromatic nitrogens is 2. The first-order valence-corrected chi connectivity index (χ1v) is 7.81. The van der Waals surface area contributed by atoms with Crippen LogP contribution < -0.4 is 0 Å². The molecule has 0 fully saturated rings. The molecule has 0 radical (unpaired) electrons. The van der Waals surface area contributed by atoms with Crippen molar-refractivity contribution in [2.24, 2.45) is 0 Å². The Balaban J connectivity index is 2.26. The van der Waals surface area contributed by atoms with Gasteiger partial charge in [-0.05, 0) is 41.1 Å². The molecule has 0 amide bonds. The third-order valence-corrected chi connectivity index (χ3v) is 3.65. The molecule has 0 aliphatic rings. The summed E-state index contributed by atoms with van der Waals surface area (Å²) in [5.74, 6) is -1.12. The van der Waals surface area contributed by atoms with Gasteiger partial charge in [-0.2, -0.15) is 0 Å². The minimum atomic E-state index is -0.454. The number of rotatable bonds is 6. The molecular formula is C16H15BrN2O4. The van der Waals surface area contributed by atoms with E-state index in [1.165, 1.54) is 0 Å². The van der Waals surface area contributed by atoms with Gasteiger partial charge in [-0.15, -0.1) is 0 Å². The summed E-state index contributed by atoms with van der Waals surface area (Å²) in [7, 11) is 0. The molecule has 0 spiro atoms. The zero-order chi connectivity index (χ0) is 16.8. The Bertz CT molecular complexity index is 720. The second-order valence-electron chi connectivity index (χ2n) is 4.65. The maximum atomic E-state index is 12.2. The summed E-state index contributed by atoms with van der Waals surface area (Å²) in [6, 6.07) is 5.12. The van der Waals surface area contributed by atoms with Crippen LogP contribution in [0.5, 0.6) is 5.75 Å². The normalized spacial score (nSPS) is 10.3. The smallest absolute Gasteiger partial charge is 0.306 e. The lowest BCUT2D eigenvalue weighted by Crippen LogP contribution is -2.09. The highest BCUT2D eigenvalue weighted by atomic mass is 79.9. The van der Waals surface area contributed by atoms with E-state index in [1.54, 1.807) is 37.5 Å². The number of pyridine rings is 2. The van der Waals surface area contributed by atoms with Crippen molar-refractivity contribution in [2.75, 3.05) is 6.61 Å². The van der Waals surface area contributed by atoms with E-state index < -0.39 is 11.8 Å². The molecule has 0 aliphatic heterocycles. The molecule has 0 saturated heterocycles. The number of hydrogen-bond acceptors (Lipinski definition) is 6. The second-order valence-corrected chi connectivity index (χ2v) is 5.50. The van der Waals surface area contributed by atoms with Gasteiger partial charge in [-0.3, -0.25) is 14.6 Å². The minimum Gasteiger partial charge on any atom is -0.504 e. The van der Waals surface area contributed by atoms with E-state index in [4.69, 9.17) is 4.74 Å². The topological polar surface area (TPSA) is 89.4 Å². The Kier molecular flexibility index (Phi) is 5.81. The number of nitrogens with zero attached hydrogens (tertiary/aromatic N) is 2. The molecule has 0 bridgehead atoms. The zero-order valence-electron chi connectivity index (χ0n) is 12.5. The zero-order valence-corrected chi connectivity index (χ0v) is 14.0. The van der Waals surface area contributed by atoms with Crippen LogP contribution in [0.1, 0.15) is 30.3 Å². The van der Waals surface area contributed by atoms with Gasteiger partial charge in [0, 0.05) is 24.4 Å². The molecule has 0 atom stereocenters. The lowest BCUT2D eigenvalue weighted by Gasteiger charge is -2.08. The van der Waals surface area contributed by atoms with Crippen LogP contribution in [0, 0.1) is 0 Å². The van der Waals surface area contributed by atoms with Gasteiger partial charge >= 0.3 is 5.97 Å². The third kappa shape index (κ3) is 4.35. The van der Waals surface area contributed by atoms with Crippen LogP contribution in [0.25, 0.3) is 11.3 Å². The van der Waals surface area contributed by atoms with Crippen molar-refractivity contribution < 1.29 is 19.4 Å². The maximum Gasteiger partial charge on any atom is 0.306 e. The molecule has 0 aliphatic carbocycles. The van der Waals surface area contributed by atoms with Crippen molar-refractivity contribution in [1.29, 1.82) is 0 Å². The Labute approximate surface area is 141 Å². The SMILES string of the molecule is CCOC(=O)CCC(=O)c1nc(-c2ccncc2)cc(Br)c1O. The Morgan fingerprint density at radius 1 is 1.26 bits per heavy atom. The quantitative estimate of drug-likeness (QED) is 0.613. The monoisotopic (exact) mass is 378 g/mol. The molecule has 2 aromatic heterocycles. The fraction of sp³-hybridized carbons (Fsp3) is 0.250. The van der Waals surface area contributed by atoms with Crippen molar-refractivity contribution >= 4 is 27.7 Å². The molecule has 2 rings (SSSR count). The summed E-state index contributed by atoms with van der Waals surface area (Å²) < 4.78 is 5.14. The van der Waals surface area contributed by atoms with Gasteiger partial charge in [0.15, 0.2) is 11.5 Å². The Morgan fingerprint density at radius 3 is 2.61 bits per heavy atom. The minimum absolute atomic E-state index is 0.0507. The highest BCUT2D eigenvalue weighted by Crippen LogP contribution is 2.31. The molecular weight excluding hydrogens is 364 g/mol. The summed E-state index contributed by atoms with van der Waals surface area (Å²) in [6.45, 7) is 1.96. The highest BCUT2D eigenvalue weighted by Gasteiger charge is 2.19. The van der Waals surface area contributed by atoms with Gasteiger partial charge in [0.25, 0.3) is 0 Å². The number of carbonyl (C=O) groups excluding carboxylic acids is 2. The third-order valence-electron chi connectivity index (χ3n) is 3.05. The number of Topliss-reactive ketones (excluding diaryl/α,β-unsaturated/α-hetero) is 1. The van der Waals surface area contributed by atoms with Gasteiger partial charge in [-0.25, -0.2) is 4.98 Å². The van der Waals surface area contributed by atoms with Gasteiger partial charge in [0.2, 0.25) is 0 Å². The van der Waals surface area contributed by atoms with Gasteiger partial charge in [-0.1, -0.05) is 0 Å². The fourth-order valence-corrected chi connectivity index (χ4v) is 2.34. The van der Waals surface area contributed by atoms with E-state index in [0.29, 0.717) is 10.2 Å². The average molecular weight is 379 g/mol. The van der Waals surface area contributed by atoms with Crippen LogP contribution in [-0.2, 0) is 9.53 Å². The van der Waals surface area contributed by atoms with E-state index in [-0.39, 0.29) is 30.9 Å². The molecule has 0 unspecified atom stereocenters. The Morgan fingerprint density at radius 2 is 1.96 bits per heavy atom. The maximum absolute atomic E-state index is 12.2. The number of ether oxygens (including phenoxy) is 1. The van der Waals surface area contributed by atoms with Crippen LogP contribution in [0.2, 0.25) is 0 Å². The van der Waals surface area contributed by atoms with E-state index in [1.807, 2.05) is 0 Å². The predicted molar refractivity (Wildman–Crippen MR) is 87.0 cm³/mol. The summed E-state index contributed by atoms with van der Waals surface area (Å²) >= 11 is 3.22. The molecule has 0 saturated carbocycles. The highest BCUT2D eigenvalue weighted by molar-refractivity contribution is 9.10. The van der Waals surface area contributed by atoms with Crippen LogP contribution >= 0.6 is 15.9 Å². The van der Waals surface area contributed by atoms with Crippen LogP contribution in [0.15, 0.2) is 35.1 Å². The van der Waals surface area contributed by atoms with E-state index >= 15 is 0 Å². The van der Waals surface area contributed by atoms with E-state index in [2.05, 4.69) is 25.9 Å². The summed E-state index contributed by atoms with van der Waals surface area (Å²) in [5, 5.41) is 10.0. The first kappa shape index (κ1) is 17.1. The second kappa shape index (κ2) is 7.82. The van der Waals surface area contributed by atoms with Crippen LogP contribution in [-0.4, -0.2) is 33.4 Å². The number of halogens is 1. The lowest BCUT2D eigenvalue weighted by molar-refractivity contribution is -0.143. The molecule has 2 aromatic rings. The molecule has 2 heterocycles. The molecule has 120 valence electrons. The van der Waals surface area contributed by atoms with Crippen LogP contribution in [0.3, 0.4) is 0 Å². The molecule has 1 N–H and O–H groups in total. The molecule has 7 heteroatoms. The lowest BCUT2D eigenvalue weighted by atomic mass is 10.1. The van der Waals surface area contributed by atoms with E-state index in [9.17, 15) is 14.7 Å². The Hall–Kier alpha value is -2.28. The number of esters is 1. The predicted octanol–water partition coefficient (Wildman–Crippen LogP) is 3.14. The van der Waals surface area contributed by atoms with Gasteiger partial charge in [0.1, 0.15) is 5.69 Å². The summed E-state index contributed by atoms with van der Waals surface area (Å²) in [6.07, 6.45) is 3.09. The van der Waals surface area contributed by atoms with Crippen molar-refractivity contribution in [1.82, 2.24) is 9.97 Å². The molecule has 6 nitrogen and oxygen atoms in total. The van der Waals surface area contributed by atoms with E-state index in [0.717, 1.165) is 5.56 Å². The standard InChI is InChI=1S/C16H15BrN2O4/c1-2-23-14(21)4-3-13(20)15-16(22)11(17)9-12(19-15)10-5-7-18-8-6-10/h5-9,22H,2-4H2,1H3. The average Bonchev–Trinajstić information content (AvgIpc) is 2.56.